The van der Waals surface area contributed by atoms with Gasteiger partial charge in [-0.2, -0.15) is 9.50 Å². The van der Waals surface area contributed by atoms with Crippen molar-refractivity contribution in [2.75, 3.05) is 12.4 Å². The maximum atomic E-state index is 11.8. The number of nitrogens with zero attached hydrogens (tertiary/aromatic N) is 5. The van der Waals surface area contributed by atoms with Crippen LogP contribution in [0.2, 0.25) is 0 Å². The largest absolute Gasteiger partial charge is 0.465 e. The Hall–Kier alpha value is -3.81. The zero-order chi connectivity index (χ0) is 20.2. The van der Waals surface area contributed by atoms with Gasteiger partial charge in [0.15, 0.2) is 5.82 Å². The van der Waals surface area contributed by atoms with Gasteiger partial charge in [0.2, 0.25) is 0 Å². The van der Waals surface area contributed by atoms with E-state index in [1.165, 1.54) is 7.11 Å². The average molecular weight is 388 g/mol. The number of nitrogens with one attached hydrogen (secondary N) is 1. The van der Waals surface area contributed by atoms with Gasteiger partial charge in [0.1, 0.15) is 5.82 Å². The molecule has 8 heteroatoms. The predicted octanol–water partition coefficient (Wildman–Crippen LogP) is 3.67. The molecule has 0 unspecified atom stereocenters. The number of aryl methyl sites for hydroxylation is 1. The van der Waals surface area contributed by atoms with E-state index >= 15 is 0 Å². The highest BCUT2D eigenvalue weighted by Crippen LogP contribution is 2.22. The number of hydrogen-bond acceptors (Lipinski definition) is 7. The van der Waals surface area contributed by atoms with E-state index in [1.54, 1.807) is 35.1 Å². The summed E-state index contributed by atoms with van der Waals surface area (Å²) in [5.41, 5.74) is 2.93. The molecule has 4 rings (SSSR count). The predicted molar refractivity (Wildman–Crippen MR) is 109 cm³/mol. The van der Waals surface area contributed by atoms with Crippen molar-refractivity contribution in [1.29, 1.82) is 0 Å². The minimum absolute atomic E-state index is 0.389. The summed E-state index contributed by atoms with van der Waals surface area (Å²) in [5.74, 6) is 1.37. The Morgan fingerprint density at radius 3 is 2.83 bits per heavy atom. The van der Waals surface area contributed by atoms with E-state index in [4.69, 9.17) is 4.74 Å². The molecule has 8 nitrogen and oxygen atoms in total. The van der Waals surface area contributed by atoms with Crippen LogP contribution in [-0.4, -0.2) is 37.6 Å². The second-order valence-electron chi connectivity index (χ2n) is 6.47. The molecule has 0 radical (unpaired) electrons. The second kappa shape index (κ2) is 8.05. The van der Waals surface area contributed by atoms with E-state index in [1.807, 2.05) is 24.3 Å². The Bertz CT molecular complexity index is 1160. The molecule has 29 heavy (non-hydrogen) atoms. The van der Waals surface area contributed by atoms with Crippen LogP contribution >= 0.6 is 0 Å². The van der Waals surface area contributed by atoms with Gasteiger partial charge < -0.3 is 10.1 Å². The van der Waals surface area contributed by atoms with Gasteiger partial charge in [0.05, 0.1) is 12.7 Å². The highest BCUT2D eigenvalue weighted by Gasteiger charge is 2.14. The lowest BCUT2D eigenvalue weighted by Gasteiger charge is -2.10. The lowest BCUT2D eigenvalue weighted by molar-refractivity contribution is 0.0601. The van der Waals surface area contributed by atoms with Crippen molar-refractivity contribution < 1.29 is 9.53 Å². The number of carbonyl (C=O) groups excluding carboxylic acids is 1. The van der Waals surface area contributed by atoms with Crippen LogP contribution in [0.1, 0.15) is 29.4 Å². The smallest absolute Gasteiger partial charge is 0.337 e. The monoisotopic (exact) mass is 388 g/mol. The number of anilines is 2. The minimum Gasteiger partial charge on any atom is -0.465 e. The van der Waals surface area contributed by atoms with E-state index < -0.39 is 0 Å². The third kappa shape index (κ3) is 3.91. The molecule has 0 aliphatic rings. The molecule has 4 aromatic rings. The molecule has 0 atom stereocenters. The maximum Gasteiger partial charge on any atom is 0.337 e. The molecule has 0 saturated carbocycles. The van der Waals surface area contributed by atoms with Gasteiger partial charge in [0, 0.05) is 35.4 Å². The van der Waals surface area contributed by atoms with E-state index in [9.17, 15) is 4.79 Å². The first kappa shape index (κ1) is 18.5. The van der Waals surface area contributed by atoms with Crippen LogP contribution in [0.25, 0.3) is 17.2 Å². The molecule has 146 valence electrons. The summed E-state index contributed by atoms with van der Waals surface area (Å²) in [6, 6.07) is 12.8. The highest BCUT2D eigenvalue weighted by molar-refractivity contribution is 5.90. The Kier molecular flexibility index (Phi) is 5.15. The van der Waals surface area contributed by atoms with Crippen molar-refractivity contribution in [1.82, 2.24) is 24.6 Å². The van der Waals surface area contributed by atoms with Crippen LogP contribution in [0.4, 0.5) is 11.5 Å². The van der Waals surface area contributed by atoms with Crippen molar-refractivity contribution in [2.24, 2.45) is 0 Å². The standard InChI is InChI=1S/C21H20N6O2/c1-3-6-16-12-18(23-17-9-4-7-14(11-17)20(28)29-2)27-21(24-16)25-19(26-27)15-8-5-10-22-13-15/h4-5,7-13,23H,3,6H2,1-2H3. The third-order valence-electron chi connectivity index (χ3n) is 4.35. The normalized spacial score (nSPS) is 10.8. The van der Waals surface area contributed by atoms with Crippen LogP contribution < -0.4 is 5.32 Å². The maximum absolute atomic E-state index is 11.8. The fourth-order valence-corrected chi connectivity index (χ4v) is 3.00. The van der Waals surface area contributed by atoms with Crippen LogP contribution in [0.15, 0.2) is 54.9 Å². The summed E-state index contributed by atoms with van der Waals surface area (Å²) in [4.78, 5) is 25.2. The van der Waals surface area contributed by atoms with Gasteiger partial charge in [0.25, 0.3) is 5.78 Å². The first-order valence-electron chi connectivity index (χ1n) is 9.30. The zero-order valence-electron chi connectivity index (χ0n) is 16.2. The van der Waals surface area contributed by atoms with Crippen molar-refractivity contribution in [3.63, 3.8) is 0 Å². The first-order valence-corrected chi connectivity index (χ1v) is 9.30. The second-order valence-corrected chi connectivity index (χ2v) is 6.47. The summed E-state index contributed by atoms with van der Waals surface area (Å²) in [7, 11) is 1.36. The van der Waals surface area contributed by atoms with Crippen molar-refractivity contribution in [2.45, 2.75) is 19.8 Å². The number of rotatable bonds is 6. The molecule has 0 aliphatic carbocycles. The molecule has 0 fully saturated rings. The number of esters is 1. The fourth-order valence-electron chi connectivity index (χ4n) is 3.00. The zero-order valence-corrected chi connectivity index (χ0v) is 16.2. The number of hydrogen-bond donors (Lipinski definition) is 1. The topological polar surface area (TPSA) is 94.3 Å². The number of carbonyl (C=O) groups is 1. The number of pyridine rings is 1. The molecule has 0 amide bonds. The lowest BCUT2D eigenvalue weighted by Crippen LogP contribution is -2.06. The molecule has 0 bridgehead atoms. The van der Waals surface area contributed by atoms with Crippen LogP contribution in [0.3, 0.4) is 0 Å². The van der Waals surface area contributed by atoms with Crippen LogP contribution in [-0.2, 0) is 11.2 Å². The number of fused-ring (bicyclic) bond motifs is 1. The summed E-state index contributed by atoms with van der Waals surface area (Å²) in [5, 5.41) is 7.93. The number of aromatic nitrogens is 5. The molecule has 0 saturated heterocycles. The van der Waals surface area contributed by atoms with Crippen molar-refractivity contribution in [3.05, 3.63) is 66.1 Å². The van der Waals surface area contributed by atoms with Gasteiger partial charge in [-0.15, -0.1) is 5.10 Å². The summed E-state index contributed by atoms with van der Waals surface area (Å²) in [6.07, 6.45) is 5.21. The summed E-state index contributed by atoms with van der Waals surface area (Å²) in [6.45, 7) is 2.10. The summed E-state index contributed by atoms with van der Waals surface area (Å²) < 4.78 is 6.46. The summed E-state index contributed by atoms with van der Waals surface area (Å²) >= 11 is 0. The first-order chi connectivity index (χ1) is 14.2. The van der Waals surface area contributed by atoms with E-state index in [-0.39, 0.29) is 5.97 Å². The van der Waals surface area contributed by atoms with Gasteiger partial charge in [-0.05, 0) is 36.8 Å². The number of benzene rings is 1. The van der Waals surface area contributed by atoms with E-state index in [2.05, 4.69) is 32.3 Å². The van der Waals surface area contributed by atoms with Crippen molar-refractivity contribution in [3.8, 4) is 11.4 Å². The Balaban J connectivity index is 1.78. The Morgan fingerprint density at radius 1 is 1.17 bits per heavy atom. The van der Waals surface area contributed by atoms with Gasteiger partial charge in [-0.3, -0.25) is 4.98 Å². The van der Waals surface area contributed by atoms with Gasteiger partial charge >= 0.3 is 5.97 Å². The molecule has 1 N–H and O–H groups in total. The Labute approximate surface area is 167 Å². The van der Waals surface area contributed by atoms with Gasteiger partial charge in [-0.1, -0.05) is 19.4 Å². The number of ether oxygens (including phenoxy) is 1. The van der Waals surface area contributed by atoms with Crippen LogP contribution in [0.5, 0.6) is 0 Å². The molecule has 3 heterocycles. The molecular formula is C21H20N6O2. The van der Waals surface area contributed by atoms with E-state index in [0.717, 1.165) is 29.8 Å². The lowest BCUT2D eigenvalue weighted by atomic mass is 10.2. The quantitative estimate of drug-likeness (QED) is 0.504. The van der Waals surface area contributed by atoms with Gasteiger partial charge in [-0.25, -0.2) is 9.78 Å². The fraction of sp³-hybridized carbons (Fsp3) is 0.190. The Morgan fingerprint density at radius 2 is 2.07 bits per heavy atom. The van der Waals surface area contributed by atoms with E-state index in [0.29, 0.717) is 23.0 Å². The minimum atomic E-state index is -0.389. The van der Waals surface area contributed by atoms with Crippen LogP contribution in [0, 0.1) is 0 Å². The SMILES string of the molecule is CCCc1cc(Nc2cccc(C(=O)OC)c2)n2nc(-c3cccnc3)nc2n1. The van der Waals surface area contributed by atoms with Crippen molar-refractivity contribution >= 4 is 23.3 Å². The highest BCUT2D eigenvalue weighted by atomic mass is 16.5. The molecule has 3 aromatic heterocycles. The average Bonchev–Trinajstić information content (AvgIpc) is 3.19. The molecular weight excluding hydrogens is 368 g/mol. The molecule has 0 spiro atoms. The molecule has 1 aromatic carbocycles. The molecule has 0 aliphatic heterocycles. The third-order valence-corrected chi connectivity index (χ3v) is 4.35. The number of methoxy groups -OCH3 is 1.